The van der Waals surface area contributed by atoms with Crippen LogP contribution in [0.3, 0.4) is 0 Å². The number of hydrogen-bond acceptors (Lipinski definition) is 6. The molecule has 0 aliphatic rings. The number of nitrogens with one attached hydrogen (secondary N) is 3. The molecule has 5 N–H and O–H groups in total. The van der Waals surface area contributed by atoms with Gasteiger partial charge in [0.05, 0.1) is 6.04 Å². The molecule has 0 fully saturated rings. The number of hydrogen-bond donors (Lipinski definition) is 5. The lowest BCUT2D eigenvalue weighted by atomic mass is 10.0. The lowest BCUT2D eigenvalue weighted by Crippen LogP contribution is -2.47. The van der Waals surface area contributed by atoms with Crippen LogP contribution >= 0.6 is 0 Å². The quantitative estimate of drug-likeness (QED) is 0.0606. The molecular formula is C34H63N3O7. The summed E-state index contributed by atoms with van der Waals surface area (Å²) in [6, 6.07) is -1.29. The zero-order valence-electron chi connectivity index (χ0n) is 28.1. The Bertz CT molecular complexity index is 826. The van der Waals surface area contributed by atoms with E-state index in [0.29, 0.717) is 13.0 Å². The molecule has 0 bridgehead atoms. The van der Waals surface area contributed by atoms with Crippen LogP contribution in [0.1, 0.15) is 163 Å². The maximum Gasteiger partial charge on any atom is 0.326 e. The Hall–Kier alpha value is -2.49. The second kappa shape index (κ2) is 25.8. The van der Waals surface area contributed by atoms with Gasteiger partial charge in [0.25, 0.3) is 0 Å². The molecule has 2 amide bonds. The van der Waals surface area contributed by atoms with Crippen LogP contribution in [0.25, 0.3) is 0 Å². The molecule has 0 rings (SSSR count). The Kier molecular flexibility index (Phi) is 24.3. The highest BCUT2D eigenvalue weighted by Crippen LogP contribution is 2.14. The molecule has 0 aromatic carbocycles. The van der Waals surface area contributed by atoms with Crippen LogP contribution in [0.5, 0.6) is 0 Å². The maximum atomic E-state index is 12.3. The Labute approximate surface area is 266 Å². The van der Waals surface area contributed by atoms with Crippen molar-refractivity contribution in [2.45, 2.75) is 180 Å². The minimum absolute atomic E-state index is 0.0213. The molecule has 44 heavy (non-hydrogen) atoms. The molecule has 0 spiro atoms. The summed E-state index contributed by atoms with van der Waals surface area (Å²) in [5.41, 5.74) is -0.156. The van der Waals surface area contributed by atoms with Crippen LogP contribution in [-0.2, 0) is 24.0 Å². The molecule has 10 heteroatoms. The van der Waals surface area contributed by atoms with Crippen LogP contribution < -0.4 is 16.0 Å². The zero-order chi connectivity index (χ0) is 33.2. The van der Waals surface area contributed by atoms with E-state index in [-0.39, 0.29) is 54.9 Å². The van der Waals surface area contributed by atoms with E-state index in [0.717, 1.165) is 57.8 Å². The van der Waals surface area contributed by atoms with Crippen LogP contribution in [-0.4, -0.2) is 63.9 Å². The van der Waals surface area contributed by atoms with Crippen LogP contribution in [0.15, 0.2) is 0 Å². The van der Waals surface area contributed by atoms with E-state index in [1.54, 1.807) is 6.92 Å². The Morgan fingerprint density at radius 3 is 1.48 bits per heavy atom. The molecule has 0 saturated heterocycles. The van der Waals surface area contributed by atoms with Gasteiger partial charge < -0.3 is 26.2 Å². The third-order valence-electron chi connectivity index (χ3n) is 7.68. The zero-order valence-corrected chi connectivity index (χ0v) is 28.1. The van der Waals surface area contributed by atoms with Crippen molar-refractivity contribution in [1.29, 1.82) is 0 Å². The third-order valence-corrected chi connectivity index (χ3v) is 7.68. The van der Waals surface area contributed by atoms with Gasteiger partial charge in [-0.1, -0.05) is 77.0 Å². The second-order valence-electron chi connectivity index (χ2n) is 13.2. The molecule has 0 heterocycles. The highest BCUT2D eigenvalue weighted by Gasteiger charge is 2.22. The molecule has 0 aromatic rings. The molecule has 0 aliphatic heterocycles. The highest BCUT2D eigenvalue weighted by atomic mass is 16.4. The lowest BCUT2D eigenvalue weighted by Gasteiger charge is -2.27. The van der Waals surface area contributed by atoms with Gasteiger partial charge in [-0.15, -0.1) is 0 Å². The van der Waals surface area contributed by atoms with Crippen LogP contribution in [0, 0.1) is 0 Å². The summed E-state index contributed by atoms with van der Waals surface area (Å²) in [4.78, 5) is 58.4. The molecule has 0 aromatic heterocycles. The molecule has 256 valence electrons. The van der Waals surface area contributed by atoms with Crippen LogP contribution in [0.2, 0.25) is 0 Å². The fraction of sp³-hybridized carbons (Fsp3) is 0.853. The monoisotopic (exact) mass is 625 g/mol. The molecule has 10 nitrogen and oxygen atoms in total. The SMILES string of the molecule is CC(=O)[C@H](CCCCNC(=O)CC[C@H](NC(=O)CCCCCCCCCCCCCCCCC(=O)O)C(=O)O)NC(C)(C)C. The van der Waals surface area contributed by atoms with Gasteiger partial charge >= 0.3 is 11.9 Å². The van der Waals surface area contributed by atoms with E-state index in [4.69, 9.17) is 5.11 Å². The predicted molar refractivity (Wildman–Crippen MR) is 175 cm³/mol. The molecule has 0 unspecified atom stereocenters. The summed E-state index contributed by atoms with van der Waals surface area (Å²) in [5.74, 6) is -2.28. The van der Waals surface area contributed by atoms with Gasteiger partial charge in [0.1, 0.15) is 11.8 Å². The summed E-state index contributed by atoms with van der Waals surface area (Å²) in [7, 11) is 0. The lowest BCUT2D eigenvalue weighted by molar-refractivity contribution is -0.142. The van der Waals surface area contributed by atoms with E-state index in [2.05, 4.69) is 16.0 Å². The van der Waals surface area contributed by atoms with Gasteiger partial charge in [-0.2, -0.15) is 0 Å². The van der Waals surface area contributed by atoms with E-state index >= 15 is 0 Å². The predicted octanol–water partition coefficient (Wildman–Crippen LogP) is 6.29. The van der Waals surface area contributed by atoms with E-state index in [1.165, 1.54) is 44.9 Å². The average molecular weight is 626 g/mol. The van der Waals surface area contributed by atoms with Crippen LogP contribution in [0.4, 0.5) is 0 Å². The number of rotatable bonds is 29. The summed E-state index contributed by atoms with van der Waals surface area (Å²) in [6.45, 7) is 8.09. The normalized spacial score (nSPS) is 12.8. The first-order valence-electron chi connectivity index (χ1n) is 17.1. The number of carboxylic acid groups (broad SMARTS) is 2. The molecule has 0 saturated carbocycles. The summed E-state index contributed by atoms with van der Waals surface area (Å²) >= 11 is 0. The van der Waals surface area contributed by atoms with Crippen molar-refractivity contribution in [3.63, 3.8) is 0 Å². The van der Waals surface area contributed by atoms with Crippen molar-refractivity contribution in [2.24, 2.45) is 0 Å². The average Bonchev–Trinajstić information content (AvgIpc) is 2.93. The summed E-state index contributed by atoms with van der Waals surface area (Å²) < 4.78 is 0. The fourth-order valence-electron chi connectivity index (χ4n) is 5.17. The highest BCUT2D eigenvalue weighted by molar-refractivity contribution is 5.84. The van der Waals surface area contributed by atoms with Gasteiger partial charge in [-0.05, 0) is 66.2 Å². The first-order valence-corrected chi connectivity index (χ1v) is 17.1. The van der Waals surface area contributed by atoms with Crippen molar-refractivity contribution in [3.05, 3.63) is 0 Å². The van der Waals surface area contributed by atoms with Crippen molar-refractivity contribution < 1.29 is 34.2 Å². The number of amides is 2. The molecule has 2 atom stereocenters. The maximum absolute atomic E-state index is 12.3. The van der Waals surface area contributed by atoms with Crippen molar-refractivity contribution in [3.8, 4) is 0 Å². The summed E-state index contributed by atoms with van der Waals surface area (Å²) in [5, 5.41) is 26.8. The van der Waals surface area contributed by atoms with Gasteiger partial charge in [-0.3, -0.25) is 19.2 Å². The second-order valence-corrected chi connectivity index (χ2v) is 13.2. The first kappa shape index (κ1) is 41.5. The number of Topliss-reactive ketones (excluding diaryl/α,β-unsaturated/α-hetero) is 1. The van der Waals surface area contributed by atoms with Crippen molar-refractivity contribution in [2.75, 3.05) is 6.54 Å². The topological polar surface area (TPSA) is 162 Å². The van der Waals surface area contributed by atoms with Gasteiger partial charge in [0, 0.05) is 31.3 Å². The minimum atomic E-state index is -1.14. The van der Waals surface area contributed by atoms with Gasteiger partial charge in [-0.25, -0.2) is 4.79 Å². The number of aliphatic carboxylic acids is 2. The van der Waals surface area contributed by atoms with E-state index < -0.39 is 18.0 Å². The molecular weight excluding hydrogens is 562 g/mol. The largest absolute Gasteiger partial charge is 0.481 e. The van der Waals surface area contributed by atoms with E-state index in [1.807, 2.05) is 20.8 Å². The molecule has 0 radical (unpaired) electrons. The smallest absolute Gasteiger partial charge is 0.326 e. The Balaban J connectivity index is 3.84. The van der Waals surface area contributed by atoms with Crippen molar-refractivity contribution >= 4 is 29.5 Å². The minimum Gasteiger partial charge on any atom is -0.481 e. The Morgan fingerprint density at radius 1 is 0.568 bits per heavy atom. The standard InChI is InChI=1S/C34H63N3O7/c1-27(38)28(37-34(2,3)4)21-19-20-26-35-30(39)25-24-29(33(43)44)36-31(40)22-17-15-13-11-9-7-5-6-8-10-12-14-16-18-23-32(41)42/h28-29,37H,5-26H2,1-4H3,(H,35,39)(H,36,40)(H,41,42)(H,43,44)/t28-,29-/m0/s1. The number of carbonyl (C=O) groups excluding carboxylic acids is 3. The van der Waals surface area contributed by atoms with E-state index in [9.17, 15) is 29.1 Å². The van der Waals surface area contributed by atoms with Gasteiger partial charge in [0.15, 0.2) is 0 Å². The summed E-state index contributed by atoms with van der Waals surface area (Å²) in [6.07, 6.45) is 18.2. The number of unbranched alkanes of at least 4 members (excludes halogenated alkanes) is 14. The number of ketones is 1. The number of carbonyl (C=O) groups is 5. The Morgan fingerprint density at radius 2 is 1.05 bits per heavy atom. The molecule has 0 aliphatic carbocycles. The number of carboxylic acids is 2. The third kappa shape index (κ3) is 27.1. The van der Waals surface area contributed by atoms with Gasteiger partial charge in [0.2, 0.25) is 11.8 Å². The first-order chi connectivity index (χ1) is 20.8. The van der Waals surface area contributed by atoms with Crippen molar-refractivity contribution in [1.82, 2.24) is 16.0 Å². The fourth-order valence-corrected chi connectivity index (χ4v) is 5.17.